The van der Waals surface area contributed by atoms with E-state index >= 15 is 0 Å². The molecule has 12 heavy (non-hydrogen) atoms. The molecule has 0 amide bonds. The van der Waals surface area contributed by atoms with E-state index in [9.17, 15) is 4.79 Å². The van der Waals surface area contributed by atoms with Gasteiger partial charge in [-0.25, -0.2) is 10.2 Å². The Balaban J connectivity index is 0.000000354. The maximum Gasteiger partial charge on any atom is 0.348 e. The number of ether oxygens (including phenoxy) is 1. The molecule has 0 aliphatic heterocycles. The molecule has 0 radical (unpaired) electrons. The predicted octanol–water partition coefficient (Wildman–Crippen LogP) is 2.20. The minimum Gasteiger partial charge on any atom is -0.465 e. The average molecular weight is 201 g/mol. The van der Waals surface area contributed by atoms with Crippen molar-refractivity contribution in [1.29, 1.82) is 5.41 Å². The smallest absolute Gasteiger partial charge is 0.348 e. The molecule has 1 rings (SSSR count). The third-order valence-electron chi connectivity index (χ3n) is 0.908. The molecule has 1 heterocycles. The summed E-state index contributed by atoms with van der Waals surface area (Å²) >= 11 is 5.19. The molecule has 64 valence electrons. The highest BCUT2D eigenvalue weighted by molar-refractivity contribution is 7.78. The molecule has 1 aromatic rings. The van der Waals surface area contributed by atoms with Crippen molar-refractivity contribution in [2.45, 2.75) is 0 Å². The summed E-state index contributed by atoms with van der Waals surface area (Å²) in [7, 11) is 1.38. The first-order valence-electron chi connectivity index (χ1n) is 2.92. The third kappa shape index (κ3) is 3.98. The van der Waals surface area contributed by atoms with E-state index in [0.717, 1.165) is 0 Å². The quantitative estimate of drug-likeness (QED) is 0.430. The molecular weight excluding hydrogens is 194 g/mol. The van der Waals surface area contributed by atoms with Crippen LogP contribution in [0.1, 0.15) is 9.67 Å². The number of nitrogens with one attached hydrogen (secondary N) is 1. The number of hydrogen-bond donors (Lipinski definition) is 1. The molecule has 0 saturated carbocycles. The Hall–Kier alpha value is -1.03. The van der Waals surface area contributed by atoms with Gasteiger partial charge >= 0.3 is 5.97 Å². The summed E-state index contributed by atoms with van der Waals surface area (Å²) in [5.74, 6) is -0.259. The first kappa shape index (κ1) is 11.0. The Morgan fingerprint density at radius 2 is 2.42 bits per heavy atom. The van der Waals surface area contributed by atoms with Crippen molar-refractivity contribution in [3.05, 3.63) is 22.4 Å². The number of hydrogen-bond acceptors (Lipinski definition) is 5. The highest BCUT2D eigenvalue weighted by Crippen LogP contribution is 2.08. The summed E-state index contributed by atoms with van der Waals surface area (Å²) in [5, 5.41) is 9.20. The largest absolute Gasteiger partial charge is 0.465 e. The van der Waals surface area contributed by atoms with Crippen LogP contribution in [0.5, 0.6) is 0 Å². The van der Waals surface area contributed by atoms with Gasteiger partial charge in [0.2, 0.25) is 0 Å². The fraction of sp³-hybridized carbons (Fsp3) is 0.143. The van der Waals surface area contributed by atoms with Gasteiger partial charge in [-0.3, -0.25) is 0 Å². The molecule has 5 heteroatoms. The highest BCUT2D eigenvalue weighted by atomic mass is 32.1. The van der Waals surface area contributed by atoms with Crippen LogP contribution in [-0.2, 0) is 4.74 Å². The molecule has 0 bridgehead atoms. The Kier molecular flexibility index (Phi) is 6.09. The molecule has 0 spiro atoms. The second-order valence-electron chi connectivity index (χ2n) is 1.57. The number of methoxy groups -OCH3 is 1. The van der Waals surface area contributed by atoms with E-state index in [1.165, 1.54) is 18.4 Å². The van der Waals surface area contributed by atoms with Crippen LogP contribution >= 0.6 is 23.6 Å². The summed E-state index contributed by atoms with van der Waals surface area (Å²) in [5.41, 5.74) is 0. The lowest BCUT2D eigenvalue weighted by molar-refractivity contribution is 0.0606. The minimum atomic E-state index is -0.259. The van der Waals surface area contributed by atoms with Gasteiger partial charge in [0.15, 0.2) is 0 Å². The van der Waals surface area contributed by atoms with Crippen molar-refractivity contribution < 1.29 is 9.53 Å². The van der Waals surface area contributed by atoms with Crippen LogP contribution < -0.4 is 0 Å². The number of thiocarbonyl (C=S) groups is 1. The number of carbonyl (C=O) groups excluding carboxylic acids is 1. The minimum absolute atomic E-state index is 0.259. The van der Waals surface area contributed by atoms with E-state index in [4.69, 9.17) is 5.41 Å². The fourth-order valence-corrected chi connectivity index (χ4v) is 1.14. The Labute approximate surface area is 79.5 Å². The van der Waals surface area contributed by atoms with E-state index in [-0.39, 0.29) is 5.97 Å². The normalized spacial score (nSPS) is 7.42. The van der Waals surface area contributed by atoms with Crippen molar-refractivity contribution in [2.24, 2.45) is 0 Å². The molecular formula is C7H7NO2S2. The zero-order chi connectivity index (χ0) is 9.40. The van der Waals surface area contributed by atoms with Crippen LogP contribution in [0.4, 0.5) is 0 Å². The molecule has 0 aromatic carbocycles. The highest BCUT2D eigenvalue weighted by Gasteiger charge is 2.03. The van der Waals surface area contributed by atoms with Gasteiger partial charge in [-0.15, -0.1) is 11.3 Å². The van der Waals surface area contributed by atoms with Crippen LogP contribution in [0.25, 0.3) is 0 Å². The number of isothiocyanates is 1. The Morgan fingerprint density at radius 1 is 1.83 bits per heavy atom. The first-order chi connectivity index (χ1) is 5.76. The van der Waals surface area contributed by atoms with Crippen LogP contribution in [0.15, 0.2) is 17.5 Å². The van der Waals surface area contributed by atoms with Gasteiger partial charge < -0.3 is 4.74 Å². The van der Waals surface area contributed by atoms with E-state index < -0.39 is 0 Å². The SMILES string of the molecule is COC(=O)c1cccs1.N=C=S. The summed E-state index contributed by atoms with van der Waals surface area (Å²) in [6.45, 7) is 0. The summed E-state index contributed by atoms with van der Waals surface area (Å²) in [6.07, 6.45) is 0. The van der Waals surface area contributed by atoms with Crippen molar-refractivity contribution in [1.82, 2.24) is 0 Å². The lowest BCUT2D eigenvalue weighted by atomic mass is 10.5. The van der Waals surface area contributed by atoms with Gasteiger partial charge in [0.1, 0.15) is 4.88 Å². The van der Waals surface area contributed by atoms with Gasteiger partial charge in [0.25, 0.3) is 0 Å². The van der Waals surface area contributed by atoms with Crippen LogP contribution in [0.3, 0.4) is 0 Å². The van der Waals surface area contributed by atoms with Crippen LogP contribution in [0.2, 0.25) is 0 Å². The first-order valence-corrected chi connectivity index (χ1v) is 4.20. The van der Waals surface area contributed by atoms with E-state index in [2.05, 4.69) is 17.0 Å². The zero-order valence-electron chi connectivity index (χ0n) is 6.37. The Morgan fingerprint density at radius 3 is 2.75 bits per heavy atom. The molecule has 0 aliphatic carbocycles. The molecule has 0 aliphatic rings. The van der Waals surface area contributed by atoms with Gasteiger partial charge in [0, 0.05) is 0 Å². The maximum absolute atomic E-state index is 10.7. The predicted molar refractivity (Wildman–Crippen MR) is 51.0 cm³/mol. The topological polar surface area (TPSA) is 50.2 Å². The van der Waals surface area contributed by atoms with E-state index in [1.54, 1.807) is 11.2 Å². The van der Waals surface area contributed by atoms with Crippen molar-refractivity contribution in [3.63, 3.8) is 0 Å². The number of rotatable bonds is 1. The molecule has 0 unspecified atom stereocenters. The van der Waals surface area contributed by atoms with Gasteiger partial charge in [-0.05, 0) is 23.7 Å². The molecule has 1 N–H and O–H groups in total. The monoisotopic (exact) mass is 201 g/mol. The van der Waals surface area contributed by atoms with E-state index in [1.807, 2.05) is 11.4 Å². The number of thiophene rings is 1. The van der Waals surface area contributed by atoms with Crippen LogP contribution in [0, 0.1) is 5.41 Å². The standard InChI is InChI=1S/C6H6O2S.CHNS/c1-8-6(7)5-3-2-4-9-5;2-1-3/h2-4H,1H3;2H. The van der Waals surface area contributed by atoms with Crippen molar-refractivity contribution in [2.75, 3.05) is 7.11 Å². The molecule has 1 aromatic heterocycles. The number of esters is 1. The molecule has 0 fully saturated rings. The summed E-state index contributed by atoms with van der Waals surface area (Å²) < 4.78 is 4.47. The second kappa shape index (κ2) is 6.67. The molecule has 3 nitrogen and oxygen atoms in total. The fourth-order valence-electron chi connectivity index (χ4n) is 0.495. The second-order valence-corrected chi connectivity index (χ2v) is 2.72. The zero-order valence-corrected chi connectivity index (χ0v) is 8.00. The molecule has 0 atom stereocenters. The molecule has 0 saturated heterocycles. The maximum atomic E-state index is 10.7. The summed E-state index contributed by atoms with van der Waals surface area (Å²) in [6, 6.07) is 3.55. The van der Waals surface area contributed by atoms with Gasteiger partial charge in [0.05, 0.1) is 12.3 Å². The average Bonchev–Trinajstić information content (AvgIpc) is 2.56. The third-order valence-corrected chi connectivity index (χ3v) is 1.76. The van der Waals surface area contributed by atoms with Crippen molar-refractivity contribution >= 4 is 34.7 Å². The lowest BCUT2D eigenvalue weighted by Crippen LogP contribution is -1.96. The van der Waals surface area contributed by atoms with Gasteiger partial charge in [-0.2, -0.15) is 0 Å². The lowest BCUT2D eigenvalue weighted by Gasteiger charge is -1.90. The number of carbonyl (C=O) groups is 1. The summed E-state index contributed by atoms with van der Waals surface area (Å²) in [4.78, 5) is 11.3. The Bertz CT molecular complexity index is 263. The van der Waals surface area contributed by atoms with Crippen LogP contribution in [-0.4, -0.2) is 18.2 Å². The van der Waals surface area contributed by atoms with E-state index in [0.29, 0.717) is 4.88 Å². The van der Waals surface area contributed by atoms with Crippen molar-refractivity contribution in [3.8, 4) is 0 Å². The van der Waals surface area contributed by atoms with Gasteiger partial charge in [-0.1, -0.05) is 6.07 Å².